The number of methoxy groups -OCH3 is 1. The van der Waals surface area contributed by atoms with E-state index in [9.17, 15) is 9.90 Å². The second kappa shape index (κ2) is 7.89. The van der Waals surface area contributed by atoms with Gasteiger partial charge in [-0.3, -0.25) is 9.69 Å². The van der Waals surface area contributed by atoms with Crippen molar-refractivity contribution in [1.29, 1.82) is 0 Å². The molecule has 25 heavy (non-hydrogen) atoms. The van der Waals surface area contributed by atoms with Crippen LogP contribution in [0, 0.1) is 0 Å². The fraction of sp³-hybridized carbons (Fsp3) is 0.526. The third kappa shape index (κ3) is 4.14. The van der Waals surface area contributed by atoms with Crippen LogP contribution >= 0.6 is 0 Å². The van der Waals surface area contributed by atoms with Crippen LogP contribution in [0.15, 0.2) is 30.5 Å². The third-order valence-electron chi connectivity index (χ3n) is 4.95. The van der Waals surface area contributed by atoms with Gasteiger partial charge in [0.1, 0.15) is 12.3 Å². The Hall–Kier alpha value is -2.05. The molecule has 0 radical (unpaired) electrons. The van der Waals surface area contributed by atoms with E-state index in [1.54, 1.807) is 7.11 Å². The summed E-state index contributed by atoms with van der Waals surface area (Å²) in [7, 11) is 1.65. The van der Waals surface area contributed by atoms with E-state index in [-0.39, 0.29) is 12.0 Å². The quantitative estimate of drug-likeness (QED) is 0.863. The molecule has 0 unspecified atom stereocenters. The summed E-state index contributed by atoms with van der Waals surface area (Å²) in [4.78, 5) is 16.8. The lowest BCUT2D eigenvalue weighted by molar-refractivity contribution is -0.133. The minimum atomic E-state index is -0.273. The van der Waals surface area contributed by atoms with Crippen molar-refractivity contribution < 1.29 is 14.6 Å². The number of nitrogens with zero attached hydrogens (tertiary/aromatic N) is 3. The minimum Gasteiger partial charge on any atom is -0.497 e. The molecule has 6 nitrogen and oxygen atoms in total. The average Bonchev–Trinajstić information content (AvgIpc) is 3.04. The van der Waals surface area contributed by atoms with Crippen LogP contribution in [0.5, 0.6) is 5.75 Å². The highest BCUT2D eigenvalue weighted by Crippen LogP contribution is 2.22. The number of carbonyl (C=O) groups is 1. The van der Waals surface area contributed by atoms with Crippen LogP contribution in [0.3, 0.4) is 0 Å². The van der Waals surface area contributed by atoms with E-state index < -0.39 is 0 Å². The summed E-state index contributed by atoms with van der Waals surface area (Å²) in [5.74, 6) is 0.964. The van der Waals surface area contributed by atoms with Gasteiger partial charge in [-0.1, -0.05) is 6.92 Å². The SMILES string of the molecule is CC[C@H](O)CN1CCN(C(=O)Cn2ccc3cc(OC)ccc32)CC1. The molecule has 6 heteroatoms. The van der Waals surface area contributed by atoms with Crippen molar-refractivity contribution in [1.82, 2.24) is 14.4 Å². The lowest BCUT2D eigenvalue weighted by Gasteiger charge is -2.35. The molecule has 3 rings (SSSR count). The predicted octanol–water partition coefficient (Wildman–Crippen LogP) is 1.56. The van der Waals surface area contributed by atoms with Gasteiger partial charge in [0.15, 0.2) is 0 Å². The molecule has 1 aromatic heterocycles. The smallest absolute Gasteiger partial charge is 0.242 e. The van der Waals surface area contributed by atoms with Crippen LogP contribution in [0.25, 0.3) is 10.9 Å². The van der Waals surface area contributed by atoms with E-state index in [1.165, 1.54) is 0 Å². The van der Waals surface area contributed by atoms with Gasteiger partial charge in [0.2, 0.25) is 5.91 Å². The molecule has 0 bridgehead atoms. The average molecular weight is 345 g/mol. The molecule has 1 N–H and O–H groups in total. The largest absolute Gasteiger partial charge is 0.497 e. The number of fused-ring (bicyclic) bond motifs is 1. The Kier molecular flexibility index (Phi) is 5.60. The standard InChI is InChI=1S/C19H27N3O3/c1-3-16(23)13-20-8-10-21(11-9-20)19(24)14-22-7-6-15-12-17(25-2)4-5-18(15)22/h4-7,12,16,23H,3,8-11,13-14H2,1-2H3/t16-/m0/s1. The number of aliphatic hydroxyl groups excluding tert-OH is 1. The number of hydrogen-bond acceptors (Lipinski definition) is 4. The number of hydrogen-bond donors (Lipinski definition) is 1. The number of benzene rings is 1. The van der Waals surface area contributed by atoms with Crippen molar-refractivity contribution in [2.24, 2.45) is 0 Å². The number of rotatable bonds is 6. The molecule has 0 aliphatic carbocycles. The summed E-state index contributed by atoms with van der Waals surface area (Å²) in [6, 6.07) is 7.90. The first-order valence-corrected chi connectivity index (χ1v) is 8.91. The van der Waals surface area contributed by atoms with Crippen LogP contribution < -0.4 is 4.74 Å². The summed E-state index contributed by atoms with van der Waals surface area (Å²) in [5, 5.41) is 10.8. The molecule has 0 spiro atoms. The highest BCUT2D eigenvalue weighted by molar-refractivity contribution is 5.84. The van der Waals surface area contributed by atoms with E-state index in [1.807, 2.05) is 46.9 Å². The predicted molar refractivity (Wildman–Crippen MR) is 97.8 cm³/mol. The number of aromatic nitrogens is 1. The second-order valence-electron chi connectivity index (χ2n) is 6.61. The summed E-state index contributed by atoms with van der Waals surface area (Å²) in [6.45, 7) is 6.14. The van der Waals surface area contributed by atoms with Gasteiger partial charge in [-0.05, 0) is 30.7 Å². The first-order chi connectivity index (χ1) is 12.1. The zero-order valence-corrected chi connectivity index (χ0v) is 15.0. The first kappa shape index (κ1) is 17.8. The van der Waals surface area contributed by atoms with Gasteiger partial charge in [0, 0.05) is 49.8 Å². The van der Waals surface area contributed by atoms with Crippen molar-refractivity contribution in [3.63, 3.8) is 0 Å². The fourth-order valence-electron chi connectivity index (χ4n) is 3.30. The van der Waals surface area contributed by atoms with Crippen molar-refractivity contribution in [3.8, 4) is 5.75 Å². The molecule has 1 amide bonds. The summed E-state index contributed by atoms with van der Waals surface area (Å²) in [5.41, 5.74) is 1.04. The van der Waals surface area contributed by atoms with Crippen molar-refractivity contribution >= 4 is 16.8 Å². The van der Waals surface area contributed by atoms with Gasteiger partial charge in [0.05, 0.1) is 13.2 Å². The lowest BCUT2D eigenvalue weighted by atomic mass is 10.2. The van der Waals surface area contributed by atoms with Crippen LogP contribution in [-0.4, -0.2) is 71.3 Å². The molecule has 136 valence electrons. The van der Waals surface area contributed by atoms with E-state index in [4.69, 9.17) is 4.74 Å². The van der Waals surface area contributed by atoms with Crippen LogP contribution in [-0.2, 0) is 11.3 Å². The topological polar surface area (TPSA) is 57.9 Å². The van der Waals surface area contributed by atoms with Crippen molar-refractivity contribution in [2.75, 3.05) is 39.8 Å². The highest BCUT2D eigenvalue weighted by Gasteiger charge is 2.22. The first-order valence-electron chi connectivity index (χ1n) is 8.91. The van der Waals surface area contributed by atoms with E-state index in [0.717, 1.165) is 49.3 Å². The Labute approximate surface area is 148 Å². The number of carbonyl (C=O) groups excluding carboxylic acids is 1. The Bertz CT molecular complexity index is 720. The van der Waals surface area contributed by atoms with Crippen molar-refractivity contribution in [2.45, 2.75) is 26.0 Å². The maximum Gasteiger partial charge on any atom is 0.242 e. The zero-order valence-electron chi connectivity index (χ0n) is 15.0. The summed E-state index contributed by atoms with van der Waals surface area (Å²) in [6.07, 6.45) is 2.45. The summed E-state index contributed by atoms with van der Waals surface area (Å²) >= 11 is 0. The third-order valence-corrected chi connectivity index (χ3v) is 4.95. The number of aliphatic hydroxyl groups is 1. The van der Waals surface area contributed by atoms with Gasteiger partial charge >= 0.3 is 0 Å². The van der Waals surface area contributed by atoms with Gasteiger partial charge in [0.25, 0.3) is 0 Å². The van der Waals surface area contributed by atoms with E-state index in [2.05, 4.69) is 4.90 Å². The van der Waals surface area contributed by atoms with Gasteiger partial charge in [-0.2, -0.15) is 0 Å². The summed E-state index contributed by atoms with van der Waals surface area (Å²) < 4.78 is 7.24. The van der Waals surface area contributed by atoms with Gasteiger partial charge < -0.3 is 19.3 Å². The lowest BCUT2D eigenvalue weighted by Crippen LogP contribution is -2.51. The molecule has 1 atom stereocenters. The van der Waals surface area contributed by atoms with Gasteiger partial charge in [-0.15, -0.1) is 0 Å². The van der Waals surface area contributed by atoms with E-state index in [0.29, 0.717) is 13.1 Å². The fourth-order valence-corrected chi connectivity index (χ4v) is 3.30. The normalized spacial score (nSPS) is 17.0. The Morgan fingerprint density at radius 3 is 2.68 bits per heavy atom. The molecule has 1 fully saturated rings. The molecule has 1 aliphatic rings. The minimum absolute atomic E-state index is 0.143. The molecule has 1 aromatic carbocycles. The van der Waals surface area contributed by atoms with Gasteiger partial charge in [-0.25, -0.2) is 0 Å². The van der Waals surface area contributed by atoms with Crippen LogP contribution in [0.2, 0.25) is 0 Å². The molecular weight excluding hydrogens is 318 g/mol. The molecule has 2 heterocycles. The molecule has 1 saturated heterocycles. The Balaban J connectivity index is 1.58. The Morgan fingerprint density at radius 1 is 1.24 bits per heavy atom. The highest BCUT2D eigenvalue weighted by atomic mass is 16.5. The molecule has 0 saturated carbocycles. The number of amides is 1. The van der Waals surface area contributed by atoms with Crippen LogP contribution in [0.1, 0.15) is 13.3 Å². The van der Waals surface area contributed by atoms with Crippen molar-refractivity contribution in [3.05, 3.63) is 30.5 Å². The molecular formula is C19H27N3O3. The zero-order chi connectivity index (χ0) is 17.8. The number of piperazine rings is 1. The van der Waals surface area contributed by atoms with Crippen LogP contribution in [0.4, 0.5) is 0 Å². The van der Waals surface area contributed by atoms with E-state index >= 15 is 0 Å². The second-order valence-corrected chi connectivity index (χ2v) is 6.61. The molecule has 2 aromatic rings. The maximum absolute atomic E-state index is 12.6. The maximum atomic E-state index is 12.6. The molecule has 1 aliphatic heterocycles. The monoisotopic (exact) mass is 345 g/mol. The number of β-amino-alcohol motifs (C(OH)–C–C–N with tert-alkyl or cyclic N) is 1. The number of ether oxygens (including phenoxy) is 1. The Morgan fingerprint density at radius 2 is 2.00 bits per heavy atom.